The Hall–Kier alpha value is -1.20. The van der Waals surface area contributed by atoms with E-state index < -0.39 is 0 Å². The van der Waals surface area contributed by atoms with Crippen LogP contribution in [0, 0.1) is 12.7 Å². The lowest BCUT2D eigenvalue weighted by Gasteiger charge is -2.01. The molecular formula is C13H15BrFN3. The average Bonchev–Trinajstić information content (AvgIpc) is 2.61. The Morgan fingerprint density at radius 1 is 1.44 bits per heavy atom. The first-order valence-corrected chi connectivity index (χ1v) is 6.52. The Balaban J connectivity index is 2.50. The van der Waals surface area contributed by atoms with Crippen molar-refractivity contribution in [3.63, 3.8) is 0 Å². The summed E-state index contributed by atoms with van der Waals surface area (Å²) in [6.07, 6.45) is 0.754. The second kappa shape index (κ2) is 5.20. The highest BCUT2D eigenvalue weighted by molar-refractivity contribution is 9.10. The Bertz CT molecular complexity index is 578. The van der Waals surface area contributed by atoms with E-state index in [0.717, 1.165) is 27.8 Å². The van der Waals surface area contributed by atoms with Crippen molar-refractivity contribution in [2.75, 3.05) is 6.54 Å². The molecule has 0 atom stereocenters. The van der Waals surface area contributed by atoms with E-state index in [1.54, 1.807) is 19.1 Å². The van der Waals surface area contributed by atoms with E-state index in [9.17, 15) is 4.39 Å². The second-order valence-corrected chi connectivity index (χ2v) is 5.03. The van der Waals surface area contributed by atoms with Crippen LogP contribution in [-0.4, -0.2) is 16.3 Å². The molecule has 1 aromatic heterocycles. The largest absolute Gasteiger partial charge is 0.330 e. The van der Waals surface area contributed by atoms with E-state index in [1.165, 1.54) is 6.07 Å². The molecule has 2 N–H and O–H groups in total. The molecule has 0 fully saturated rings. The molecule has 2 rings (SSSR count). The molecule has 0 saturated carbocycles. The van der Waals surface area contributed by atoms with Gasteiger partial charge >= 0.3 is 0 Å². The fraction of sp³-hybridized carbons (Fsp3) is 0.308. The molecule has 3 nitrogen and oxygen atoms in total. The first kappa shape index (κ1) is 13.2. The minimum absolute atomic E-state index is 0.201. The maximum absolute atomic E-state index is 13.3. The summed E-state index contributed by atoms with van der Waals surface area (Å²) in [7, 11) is 1.88. The highest BCUT2D eigenvalue weighted by atomic mass is 79.9. The molecule has 0 radical (unpaired) electrons. The van der Waals surface area contributed by atoms with Gasteiger partial charge in [0, 0.05) is 19.0 Å². The van der Waals surface area contributed by atoms with Gasteiger partial charge in [-0.2, -0.15) is 5.10 Å². The van der Waals surface area contributed by atoms with Gasteiger partial charge in [-0.25, -0.2) is 4.39 Å². The normalized spacial score (nSPS) is 10.9. The van der Waals surface area contributed by atoms with Crippen molar-refractivity contribution in [2.45, 2.75) is 13.3 Å². The maximum Gasteiger partial charge on any atom is 0.126 e. The minimum Gasteiger partial charge on any atom is -0.330 e. The summed E-state index contributed by atoms with van der Waals surface area (Å²) in [5, 5.41) is 4.46. The summed E-state index contributed by atoms with van der Waals surface area (Å²) in [5.41, 5.74) is 8.97. The van der Waals surface area contributed by atoms with Crippen molar-refractivity contribution < 1.29 is 4.39 Å². The Kier molecular flexibility index (Phi) is 3.82. The van der Waals surface area contributed by atoms with Crippen LogP contribution in [0.4, 0.5) is 4.39 Å². The lowest BCUT2D eigenvalue weighted by atomic mass is 10.1. The molecule has 0 unspecified atom stereocenters. The monoisotopic (exact) mass is 311 g/mol. The van der Waals surface area contributed by atoms with Gasteiger partial charge in [0.15, 0.2) is 0 Å². The topological polar surface area (TPSA) is 43.8 Å². The molecular weight excluding hydrogens is 297 g/mol. The van der Waals surface area contributed by atoms with Crippen molar-refractivity contribution in [3.05, 3.63) is 39.7 Å². The zero-order valence-electron chi connectivity index (χ0n) is 10.4. The van der Waals surface area contributed by atoms with E-state index >= 15 is 0 Å². The van der Waals surface area contributed by atoms with Gasteiger partial charge in [0.25, 0.3) is 0 Å². The van der Waals surface area contributed by atoms with Crippen LogP contribution < -0.4 is 5.73 Å². The fourth-order valence-corrected chi connectivity index (χ4v) is 2.68. The number of nitrogens with two attached hydrogens (primary N) is 1. The Morgan fingerprint density at radius 3 is 2.78 bits per heavy atom. The SMILES string of the molecule is Cc1cc(-c2nn(C)c(CCN)c2Br)ccc1F. The third-order valence-corrected chi connectivity index (χ3v) is 3.75. The van der Waals surface area contributed by atoms with Gasteiger partial charge in [0.2, 0.25) is 0 Å². The standard InChI is InChI=1S/C13H15BrFN3/c1-8-7-9(3-4-10(8)15)13-12(14)11(5-6-16)18(2)17-13/h3-4,7H,5-6,16H2,1-2H3. The van der Waals surface area contributed by atoms with Crippen molar-refractivity contribution >= 4 is 15.9 Å². The summed E-state index contributed by atoms with van der Waals surface area (Å²) in [5.74, 6) is -0.201. The minimum atomic E-state index is -0.201. The summed E-state index contributed by atoms with van der Waals surface area (Å²) < 4.78 is 16.0. The van der Waals surface area contributed by atoms with Gasteiger partial charge in [-0.05, 0) is 53.2 Å². The molecule has 2 aromatic rings. The smallest absolute Gasteiger partial charge is 0.126 e. The first-order chi connectivity index (χ1) is 8.54. The molecule has 1 aromatic carbocycles. The lowest BCUT2D eigenvalue weighted by molar-refractivity contribution is 0.618. The van der Waals surface area contributed by atoms with Crippen LogP contribution in [0.25, 0.3) is 11.3 Å². The van der Waals surface area contributed by atoms with Gasteiger partial charge < -0.3 is 5.73 Å². The highest BCUT2D eigenvalue weighted by Crippen LogP contribution is 2.31. The summed E-state index contributed by atoms with van der Waals surface area (Å²) in [6.45, 7) is 2.32. The zero-order valence-corrected chi connectivity index (χ0v) is 12.0. The number of nitrogens with zero attached hydrogens (tertiary/aromatic N) is 2. The van der Waals surface area contributed by atoms with Crippen LogP contribution in [0.2, 0.25) is 0 Å². The number of halogens is 2. The van der Waals surface area contributed by atoms with Crippen molar-refractivity contribution in [1.82, 2.24) is 9.78 Å². The number of benzene rings is 1. The van der Waals surface area contributed by atoms with E-state index in [2.05, 4.69) is 21.0 Å². The number of aryl methyl sites for hydroxylation is 2. The van der Waals surface area contributed by atoms with Crippen molar-refractivity contribution in [1.29, 1.82) is 0 Å². The van der Waals surface area contributed by atoms with Gasteiger partial charge in [-0.3, -0.25) is 4.68 Å². The van der Waals surface area contributed by atoms with Crippen LogP contribution >= 0.6 is 15.9 Å². The molecule has 0 spiro atoms. The molecule has 0 aliphatic heterocycles. The summed E-state index contributed by atoms with van der Waals surface area (Å²) in [6, 6.07) is 5.00. The zero-order chi connectivity index (χ0) is 13.3. The molecule has 0 saturated heterocycles. The van der Waals surface area contributed by atoms with Gasteiger partial charge in [0.05, 0.1) is 10.2 Å². The second-order valence-electron chi connectivity index (χ2n) is 4.24. The van der Waals surface area contributed by atoms with E-state index in [1.807, 2.05) is 11.7 Å². The van der Waals surface area contributed by atoms with E-state index in [4.69, 9.17) is 5.73 Å². The first-order valence-electron chi connectivity index (χ1n) is 5.72. The van der Waals surface area contributed by atoms with Crippen molar-refractivity contribution in [2.24, 2.45) is 12.8 Å². The Morgan fingerprint density at radius 2 is 2.17 bits per heavy atom. The van der Waals surface area contributed by atoms with E-state index in [-0.39, 0.29) is 5.82 Å². The van der Waals surface area contributed by atoms with Gasteiger partial charge in [0.1, 0.15) is 11.5 Å². The molecule has 0 aliphatic rings. The average molecular weight is 312 g/mol. The highest BCUT2D eigenvalue weighted by Gasteiger charge is 2.15. The molecule has 0 amide bonds. The van der Waals surface area contributed by atoms with Gasteiger partial charge in [-0.15, -0.1) is 0 Å². The maximum atomic E-state index is 13.3. The third-order valence-electron chi connectivity index (χ3n) is 2.91. The Labute approximate surface area is 114 Å². The number of hydrogen-bond acceptors (Lipinski definition) is 2. The van der Waals surface area contributed by atoms with Gasteiger partial charge in [-0.1, -0.05) is 0 Å². The predicted octanol–water partition coefficient (Wildman–Crippen LogP) is 2.80. The molecule has 96 valence electrons. The molecule has 0 bridgehead atoms. The quantitative estimate of drug-likeness (QED) is 0.947. The van der Waals surface area contributed by atoms with Crippen LogP contribution in [0.15, 0.2) is 22.7 Å². The summed E-state index contributed by atoms with van der Waals surface area (Å²) >= 11 is 3.55. The molecule has 5 heteroatoms. The molecule has 0 aliphatic carbocycles. The number of rotatable bonds is 3. The van der Waals surface area contributed by atoms with Crippen LogP contribution in [0.1, 0.15) is 11.3 Å². The third kappa shape index (κ3) is 2.33. The number of aromatic nitrogens is 2. The summed E-state index contributed by atoms with van der Waals surface area (Å²) in [4.78, 5) is 0. The molecule has 18 heavy (non-hydrogen) atoms. The lowest BCUT2D eigenvalue weighted by Crippen LogP contribution is -2.07. The fourth-order valence-electron chi connectivity index (χ4n) is 1.92. The van der Waals surface area contributed by atoms with Crippen LogP contribution in [0.3, 0.4) is 0 Å². The predicted molar refractivity (Wildman–Crippen MR) is 73.8 cm³/mol. The molecule has 1 heterocycles. The van der Waals surface area contributed by atoms with E-state index in [0.29, 0.717) is 12.1 Å². The van der Waals surface area contributed by atoms with Crippen LogP contribution in [0.5, 0.6) is 0 Å². The van der Waals surface area contributed by atoms with Crippen LogP contribution in [-0.2, 0) is 13.5 Å². The number of hydrogen-bond donors (Lipinski definition) is 1. The van der Waals surface area contributed by atoms with Crippen molar-refractivity contribution in [3.8, 4) is 11.3 Å².